The van der Waals surface area contributed by atoms with E-state index in [-0.39, 0.29) is 23.0 Å². The molecule has 0 radical (unpaired) electrons. The van der Waals surface area contributed by atoms with Gasteiger partial charge >= 0.3 is 5.97 Å². The first kappa shape index (κ1) is 20.5. The lowest BCUT2D eigenvalue weighted by Crippen LogP contribution is -2.61. The van der Waals surface area contributed by atoms with Crippen molar-refractivity contribution in [3.05, 3.63) is 23.8 Å². The molecule has 158 valence electrons. The van der Waals surface area contributed by atoms with Gasteiger partial charge in [-0.1, -0.05) is 25.5 Å². The number of carbonyl (C=O) groups is 3. The van der Waals surface area contributed by atoms with Gasteiger partial charge in [0.2, 0.25) is 5.78 Å². The minimum absolute atomic E-state index is 0.00747. The van der Waals surface area contributed by atoms with Gasteiger partial charge in [0.25, 0.3) is 0 Å². The highest BCUT2D eigenvalue weighted by Gasteiger charge is 2.69. The third kappa shape index (κ3) is 2.72. The number of ether oxygens (including phenoxy) is 1. The lowest BCUT2D eigenvalue weighted by Gasteiger charge is -2.57. The van der Waals surface area contributed by atoms with Gasteiger partial charge in [-0.2, -0.15) is 0 Å². The van der Waals surface area contributed by atoms with Crippen molar-refractivity contribution in [3.8, 4) is 0 Å². The highest BCUT2D eigenvalue weighted by molar-refractivity contribution is 6.01. The van der Waals surface area contributed by atoms with Gasteiger partial charge in [-0.05, 0) is 62.0 Å². The van der Waals surface area contributed by atoms with Crippen LogP contribution in [0.5, 0.6) is 0 Å². The lowest BCUT2D eigenvalue weighted by molar-refractivity contribution is -0.180. The minimum atomic E-state index is -1.91. The molecular formula is C23H30O6. The monoisotopic (exact) mass is 402 g/mol. The predicted octanol–water partition coefficient (Wildman–Crippen LogP) is 2.13. The molecule has 0 unspecified atom stereocenters. The van der Waals surface area contributed by atoms with Crippen molar-refractivity contribution in [3.63, 3.8) is 0 Å². The Kier molecular flexibility index (Phi) is 4.67. The minimum Gasteiger partial charge on any atom is -0.458 e. The van der Waals surface area contributed by atoms with Gasteiger partial charge in [0, 0.05) is 17.8 Å². The lowest BCUT2D eigenvalue weighted by atomic mass is 9.47. The van der Waals surface area contributed by atoms with E-state index in [1.165, 1.54) is 12.5 Å². The smallest absolute Gasteiger partial charge is 0.303 e. The second kappa shape index (κ2) is 6.61. The fourth-order valence-electron chi connectivity index (χ4n) is 7.00. The molecule has 2 N–H and O–H groups in total. The number of aliphatic hydroxyl groups excluding tert-OH is 1. The summed E-state index contributed by atoms with van der Waals surface area (Å²) in [6.45, 7) is 4.79. The van der Waals surface area contributed by atoms with Gasteiger partial charge in [-0.15, -0.1) is 0 Å². The molecule has 4 aliphatic rings. The SMILES string of the molecule is CC(=O)OCC(=O)[C@@]1(O)[C@H](O)C[C@H]2[C@@H]3CCC4=CC(=O)C=C[C@]4(C)[C@H]3CC[C@@]21C. The number of allylic oxidation sites excluding steroid dienone is 4. The second-order valence-corrected chi connectivity index (χ2v) is 9.78. The van der Waals surface area contributed by atoms with Crippen LogP contribution in [0.15, 0.2) is 23.8 Å². The molecule has 3 fully saturated rings. The zero-order valence-electron chi connectivity index (χ0n) is 17.3. The first-order valence-electron chi connectivity index (χ1n) is 10.6. The zero-order chi connectivity index (χ0) is 21.2. The molecule has 0 heterocycles. The third-order valence-corrected chi connectivity index (χ3v) is 8.61. The van der Waals surface area contributed by atoms with Crippen molar-refractivity contribution in [1.29, 1.82) is 0 Å². The van der Waals surface area contributed by atoms with E-state index in [4.69, 9.17) is 4.74 Å². The van der Waals surface area contributed by atoms with Crippen LogP contribution in [-0.4, -0.2) is 46.1 Å². The first-order valence-corrected chi connectivity index (χ1v) is 10.6. The topological polar surface area (TPSA) is 101 Å². The molecule has 3 saturated carbocycles. The van der Waals surface area contributed by atoms with E-state index in [0.717, 1.165) is 19.3 Å². The number of ketones is 2. The van der Waals surface area contributed by atoms with E-state index in [1.807, 2.05) is 13.0 Å². The maximum atomic E-state index is 12.9. The fourth-order valence-corrected chi connectivity index (χ4v) is 7.00. The van der Waals surface area contributed by atoms with Crippen molar-refractivity contribution in [2.24, 2.45) is 28.6 Å². The Morgan fingerprint density at radius 2 is 1.97 bits per heavy atom. The summed E-state index contributed by atoms with van der Waals surface area (Å²) in [4.78, 5) is 35.9. The molecule has 0 aromatic carbocycles. The fraction of sp³-hybridized carbons (Fsp3) is 0.696. The number of hydrogen-bond acceptors (Lipinski definition) is 6. The molecular weight excluding hydrogens is 372 g/mol. The highest BCUT2D eigenvalue weighted by Crippen LogP contribution is 2.67. The van der Waals surface area contributed by atoms with Crippen LogP contribution < -0.4 is 0 Å². The van der Waals surface area contributed by atoms with Crippen molar-refractivity contribution < 1.29 is 29.3 Å². The number of rotatable bonds is 3. The summed E-state index contributed by atoms with van der Waals surface area (Å²) in [6.07, 6.45) is 7.75. The summed E-state index contributed by atoms with van der Waals surface area (Å²) in [5, 5.41) is 22.3. The predicted molar refractivity (Wildman–Crippen MR) is 105 cm³/mol. The number of esters is 1. The Balaban J connectivity index is 1.65. The van der Waals surface area contributed by atoms with E-state index in [9.17, 15) is 24.6 Å². The molecule has 0 spiro atoms. The number of aliphatic hydroxyl groups is 2. The quantitative estimate of drug-likeness (QED) is 0.702. The summed E-state index contributed by atoms with van der Waals surface area (Å²) in [6, 6.07) is 0. The molecule has 7 atom stereocenters. The number of carbonyl (C=O) groups excluding carboxylic acids is 3. The second-order valence-electron chi connectivity index (χ2n) is 9.78. The van der Waals surface area contributed by atoms with Crippen LogP contribution in [0.25, 0.3) is 0 Å². The van der Waals surface area contributed by atoms with Crippen molar-refractivity contribution in [2.75, 3.05) is 6.61 Å². The molecule has 6 heteroatoms. The summed E-state index contributed by atoms with van der Waals surface area (Å²) >= 11 is 0. The summed E-state index contributed by atoms with van der Waals surface area (Å²) in [5.41, 5.74) is -1.69. The van der Waals surface area contributed by atoms with Crippen molar-refractivity contribution in [2.45, 2.75) is 64.6 Å². The molecule has 29 heavy (non-hydrogen) atoms. The molecule has 0 bridgehead atoms. The third-order valence-electron chi connectivity index (χ3n) is 8.61. The van der Waals surface area contributed by atoms with E-state index in [0.29, 0.717) is 18.8 Å². The molecule has 0 aliphatic heterocycles. The highest BCUT2D eigenvalue weighted by atomic mass is 16.5. The van der Waals surface area contributed by atoms with Crippen LogP contribution in [0.4, 0.5) is 0 Å². The van der Waals surface area contributed by atoms with E-state index in [1.54, 1.807) is 12.2 Å². The van der Waals surface area contributed by atoms with Gasteiger partial charge in [-0.3, -0.25) is 14.4 Å². The normalized spacial score (nSPS) is 45.7. The molecule has 4 aliphatic carbocycles. The Bertz CT molecular complexity index is 827. The van der Waals surface area contributed by atoms with Gasteiger partial charge < -0.3 is 14.9 Å². The van der Waals surface area contributed by atoms with Gasteiger partial charge in [0.05, 0.1) is 6.10 Å². The summed E-state index contributed by atoms with van der Waals surface area (Å²) < 4.78 is 4.85. The average molecular weight is 402 g/mol. The average Bonchev–Trinajstić information content (AvgIpc) is 2.88. The number of fused-ring (bicyclic) bond motifs is 5. The molecule has 0 aromatic rings. The molecule has 0 saturated heterocycles. The zero-order valence-corrected chi connectivity index (χ0v) is 17.3. The van der Waals surface area contributed by atoms with Crippen molar-refractivity contribution in [1.82, 2.24) is 0 Å². The van der Waals surface area contributed by atoms with Crippen LogP contribution >= 0.6 is 0 Å². The van der Waals surface area contributed by atoms with Crippen LogP contribution in [0, 0.1) is 28.6 Å². The Morgan fingerprint density at radius 3 is 2.66 bits per heavy atom. The van der Waals surface area contributed by atoms with Gasteiger partial charge in [-0.25, -0.2) is 0 Å². The first-order chi connectivity index (χ1) is 13.5. The Hall–Kier alpha value is -1.79. The Morgan fingerprint density at radius 1 is 1.24 bits per heavy atom. The Labute approximate surface area is 171 Å². The molecule has 4 rings (SSSR count). The summed E-state index contributed by atoms with van der Waals surface area (Å²) in [7, 11) is 0. The van der Waals surface area contributed by atoms with Gasteiger partial charge in [0.1, 0.15) is 0 Å². The van der Waals surface area contributed by atoms with Gasteiger partial charge in [0.15, 0.2) is 18.0 Å². The van der Waals surface area contributed by atoms with Crippen LogP contribution in [0.2, 0.25) is 0 Å². The molecule has 0 aromatic heterocycles. The largest absolute Gasteiger partial charge is 0.458 e. The van der Waals surface area contributed by atoms with Crippen LogP contribution in [-0.2, 0) is 19.1 Å². The van der Waals surface area contributed by atoms with Crippen LogP contribution in [0.1, 0.15) is 52.9 Å². The summed E-state index contributed by atoms with van der Waals surface area (Å²) in [5.74, 6) is -0.611. The van der Waals surface area contributed by atoms with E-state index >= 15 is 0 Å². The maximum Gasteiger partial charge on any atom is 0.303 e. The molecule has 0 amide bonds. The van der Waals surface area contributed by atoms with E-state index < -0.39 is 35.5 Å². The molecule has 6 nitrogen and oxygen atoms in total. The standard InChI is InChI=1S/C23H30O6/c1-13(24)29-12-20(27)23(28)19(26)11-18-16-5-4-14-10-15(25)6-8-21(14,2)17(16)7-9-22(18,23)3/h6,8,10,16-19,26,28H,4-5,7,9,11-12H2,1-3H3/t16-,17+,18+,19-,21+,22+,23+/m1/s1. The van der Waals surface area contributed by atoms with Crippen LogP contribution in [0.3, 0.4) is 0 Å². The van der Waals surface area contributed by atoms with Crippen molar-refractivity contribution >= 4 is 17.5 Å². The van der Waals surface area contributed by atoms with E-state index in [2.05, 4.69) is 6.92 Å². The number of Topliss-reactive ketones (excluding diaryl/α,β-unsaturated/α-hetero) is 1. The maximum absolute atomic E-state index is 12.9. The number of hydrogen-bond donors (Lipinski definition) is 2.